The molecule has 0 saturated heterocycles. The number of amides is 1. The summed E-state index contributed by atoms with van der Waals surface area (Å²) in [6.45, 7) is 2.37. The van der Waals surface area contributed by atoms with E-state index >= 15 is 0 Å². The number of nitrogens with zero attached hydrogens (tertiary/aromatic N) is 1. The second kappa shape index (κ2) is 8.52. The normalized spacial score (nSPS) is 12.0. The standard InChI is InChI=1S/C25H25N3O3/c1-4-26-24(29)21-14-19-20(15-28(2)25(30)23(19)27-21)22(16-8-6-5-7-9-16)17-10-12-18(31-3)13-11-17/h5-15,22,27H,4H2,1-3H3,(H,26,29). The van der Waals surface area contributed by atoms with Gasteiger partial charge >= 0.3 is 0 Å². The highest BCUT2D eigenvalue weighted by Crippen LogP contribution is 2.36. The molecule has 1 amide bonds. The SMILES string of the molecule is CCNC(=O)c1cc2c(C(c3ccccc3)c3ccc(OC)cc3)cn(C)c(=O)c2[nH]1. The van der Waals surface area contributed by atoms with Gasteiger partial charge < -0.3 is 19.6 Å². The van der Waals surface area contributed by atoms with E-state index in [1.807, 2.05) is 55.6 Å². The predicted octanol–water partition coefficient (Wildman–Crippen LogP) is 3.81. The Hall–Kier alpha value is -3.80. The lowest BCUT2D eigenvalue weighted by Crippen LogP contribution is -2.23. The van der Waals surface area contributed by atoms with Crippen molar-refractivity contribution in [2.45, 2.75) is 12.8 Å². The summed E-state index contributed by atoms with van der Waals surface area (Å²) in [5.41, 5.74) is 3.73. The first kappa shape index (κ1) is 20.5. The number of benzene rings is 2. The Morgan fingerprint density at radius 3 is 2.42 bits per heavy atom. The van der Waals surface area contributed by atoms with Gasteiger partial charge in [0.25, 0.3) is 11.5 Å². The van der Waals surface area contributed by atoms with Crippen LogP contribution in [0.3, 0.4) is 0 Å². The fraction of sp³-hybridized carbons (Fsp3) is 0.200. The molecule has 0 radical (unpaired) electrons. The minimum absolute atomic E-state index is 0.126. The maximum absolute atomic E-state index is 12.8. The number of nitrogens with one attached hydrogen (secondary N) is 2. The Bertz CT molecular complexity index is 1270. The smallest absolute Gasteiger partial charge is 0.274 e. The van der Waals surface area contributed by atoms with Gasteiger partial charge in [0.2, 0.25) is 0 Å². The number of pyridine rings is 1. The molecule has 4 aromatic rings. The van der Waals surface area contributed by atoms with Gasteiger partial charge in [-0.3, -0.25) is 9.59 Å². The number of hydrogen-bond donors (Lipinski definition) is 2. The maximum Gasteiger partial charge on any atom is 0.274 e. The Labute approximate surface area is 180 Å². The minimum Gasteiger partial charge on any atom is -0.497 e. The maximum atomic E-state index is 12.8. The summed E-state index contributed by atoms with van der Waals surface area (Å²) in [7, 11) is 3.37. The summed E-state index contributed by atoms with van der Waals surface area (Å²) in [5, 5.41) is 3.53. The van der Waals surface area contributed by atoms with E-state index in [1.165, 1.54) is 0 Å². The molecule has 0 aliphatic heterocycles. The average molecular weight is 415 g/mol. The number of aromatic amines is 1. The van der Waals surface area contributed by atoms with Crippen molar-refractivity contribution in [3.8, 4) is 5.75 Å². The molecular formula is C25H25N3O3. The largest absolute Gasteiger partial charge is 0.497 e. The number of aromatic nitrogens is 2. The minimum atomic E-state index is -0.229. The molecule has 158 valence electrons. The highest BCUT2D eigenvalue weighted by Gasteiger charge is 2.23. The summed E-state index contributed by atoms with van der Waals surface area (Å²) in [4.78, 5) is 28.3. The second-order valence-electron chi connectivity index (χ2n) is 7.45. The molecule has 6 heteroatoms. The van der Waals surface area contributed by atoms with Crippen LogP contribution in [0, 0.1) is 0 Å². The third kappa shape index (κ3) is 3.84. The fourth-order valence-electron chi connectivity index (χ4n) is 3.97. The summed E-state index contributed by atoms with van der Waals surface area (Å²) in [6, 6.07) is 19.8. The number of aryl methyl sites for hydroxylation is 1. The van der Waals surface area contributed by atoms with E-state index in [9.17, 15) is 9.59 Å². The zero-order valence-electron chi connectivity index (χ0n) is 17.8. The monoisotopic (exact) mass is 415 g/mol. The molecule has 6 nitrogen and oxygen atoms in total. The van der Waals surface area contributed by atoms with Gasteiger partial charge in [0.15, 0.2) is 0 Å². The van der Waals surface area contributed by atoms with Gasteiger partial charge in [-0.2, -0.15) is 0 Å². The van der Waals surface area contributed by atoms with E-state index in [2.05, 4.69) is 22.4 Å². The molecule has 31 heavy (non-hydrogen) atoms. The van der Waals surface area contributed by atoms with Gasteiger partial charge in [0.1, 0.15) is 17.0 Å². The number of ether oxygens (including phenoxy) is 1. The Morgan fingerprint density at radius 2 is 1.77 bits per heavy atom. The molecule has 2 N–H and O–H groups in total. The van der Waals surface area contributed by atoms with E-state index < -0.39 is 0 Å². The van der Waals surface area contributed by atoms with Crippen LogP contribution >= 0.6 is 0 Å². The topological polar surface area (TPSA) is 76.1 Å². The van der Waals surface area contributed by atoms with Gasteiger partial charge in [-0.05, 0) is 41.8 Å². The first-order valence-electron chi connectivity index (χ1n) is 10.2. The van der Waals surface area contributed by atoms with E-state index in [-0.39, 0.29) is 17.4 Å². The lowest BCUT2D eigenvalue weighted by molar-refractivity contribution is 0.0951. The first-order chi connectivity index (χ1) is 15.0. The Kier molecular flexibility index (Phi) is 5.62. The van der Waals surface area contributed by atoms with Crippen molar-refractivity contribution < 1.29 is 9.53 Å². The van der Waals surface area contributed by atoms with Gasteiger partial charge in [0, 0.05) is 31.1 Å². The van der Waals surface area contributed by atoms with Gasteiger partial charge in [-0.1, -0.05) is 42.5 Å². The molecule has 0 spiro atoms. The summed E-state index contributed by atoms with van der Waals surface area (Å²) in [5.74, 6) is 0.424. The molecule has 2 aromatic carbocycles. The molecule has 0 aliphatic carbocycles. The first-order valence-corrected chi connectivity index (χ1v) is 10.2. The van der Waals surface area contributed by atoms with Gasteiger partial charge in [0.05, 0.1) is 7.11 Å². The van der Waals surface area contributed by atoms with Crippen LogP contribution in [-0.4, -0.2) is 29.1 Å². The van der Waals surface area contributed by atoms with Crippen molar-refractivity contribution in [1.82, 2.24) is 14.9 Å². The molecule has 4 rings (SSSR count). The van der Waals surface area contributed by atoms with E-state index in [0.717, 1.165) is 27.8 Å². The number of rotatable bonds is 6. The average Bonchev–Trinajstić information content (AvgIpc) is 3.25. The molecule has 2 heterocycles. The molecule has 0 bridgehead atoms. The van der Waals surface area contributed by atoms with Crippen LogP contribution in [0.25, 0.3) is 10.9 Å². The van der Waals surface area contributed by atoms with Crippen molar-refractivity contribution in [1.29, 1.82) is 0 Å². The van der Waals surface area contributed by atoms with Crippen molar-refractivity contribution in [3.63, 3.8) is 0 Å². The van der Waals surface area contributed by atoms with Crippen LogP contribution in [0.4, 0.5) is 0 Å². The quantitative estimate of drug-likeness (QED) is 0.503. The fourth-order valence-corrected chi connectivity index (χ4v) is 3.97. The van der Waals surface area contributed by atoms with Crippen LogP contribution in [0.5, 0.6) is 5.75 Å². The van der Waals surface area contributed by atoms with Crippen LogP contribution in [0.2, 0.25) is 0 Å². The number of hydrogen-bond acceptors (Lipinski definition) is 3. The van der Waals surface area contributed by atoms with Crippen LogP contribution in [-0.2, 0) is 7.05 Å². The summed E-state index contributed by atoms with van der Waals surface area (Å²) in [6.07, 6.45) is 1.86. The molecule has 1 unspecified atom stereocenters. The lowest BCUT2D eigenvalue weighted by atomic mass is 9.84. The number of fused-ring (bicyclic) bond motifs is 1. The molecular weight excluding hydrogens is 390 g/mol. The van der Waals surface area contributed by atoms with Crippen molar-refractivity contribution in [2.24, 2.45) is 7.05 Å². The number of carbonyl (C=O) groups excluding carboxylic acids is 1. The Balaban J connectivity index is 1.97. The van der Waals surface area contributed by atoms with Gasteiger partial charge in [-0.25, -0.2) is 0 Å². The zero-order valence-corrected chi connectivity index (χ0v) is 17.8. The Morgan fingerprint density at radius 1 is 1.10 bits per heavy atom. The lowest BCUT2D eigenvalue weighted by Gasteiger charge is -2.21. The van der Waals surface area contributed by atoms with Crippen molar-refractivity contribution in [3.05, 3.63) is 99.6 Å². The molecule has 1 atom stereocenters. The highest BCUT2D eigenvalue weighted by molar-refractivity contribution is 5.99. The van der Waals surface area contributed by atoms with E-state index in [1.54, 1.807) is 24.8 Å². The molecule has 0 saturated carbocycles. The summed E-state index contributed by atoms with van der Waals surface area (Å²) < 4.78 is 6.89. The van der Waals surface area contributed by atoms with E-state index in [0.29, 0.717) is 17.8 Å². The highest BCUT2D eigenvalue weighted by atomic mass is 16.5. The number of H-pyrrole nitrogens is 1. The summed E-state index contributed by atoms with van der Waals surface area (Å²) >= 11 is 0. The molecule has 2 aromatic heterocycles. The van der Waals surface area contributed by atoms with Crippen LogP contribution < -0.4 is 15.6 Å². The second-order valence-corrected chi connectivity index (χ2v) is 7.45. The van der Waals surface area contributed by atoms with Crippen molar-refractivity contribution >= 4 is 16.8 Å². The zero-order chi connectivity index (χ0) is 22.0. The van der Waals surface area contributed by atoms with Crippen LogP contribution in [0.15, 0.2) is 71.7 Å². The van der Waals surface area contributed by atoms with Crippen molar-refractivity contribution in [2.75, 3.05) is 13.7 Å². The number of methoxy groups -OCH3 is 1. The van der Waals surface area contributed by atoms with E-state index in [4.69, 9.17) is 4.74 Å². The third-order valence-corrected chi connectivity index (χ3v) is 5.47. The third-order valence-electron chi connectivity index (χ3n) is 5.47. The predicted molar refractivity (Wildman–Crippen MR) is 122 cm³/mol. The molecule has 0 fully saturated rings. The molecule has 0 aliphatic rings. The van der Waals surface area contributed by atoms with Gasteiger partial charge in [-0.15, -0.1) is 0 Å². The number of carbonyl (C=O) groups is 1. The van der Waals surface area contributed by atoms with Crippen LogP contribution in [0.1, 0.15) is 40.0 Å².